The van der Waals surface area contributed by atoms with Crippen molar-refractivity contribution in [3.63, 3.8) is 0 Å². The van der Waals surface area contributed by atoms with Crippen molar-refractivity contribution in [2.75, 3.05) is 346 Å². The molecule has 0 saturated heterocycles. The third-order valence-electron chi connectivity index (χ3n) is 14.9. The first kappa shape index (κ1) is 168. The molecule has 0 aromatic rings. The quantitative estimate of drug-likeness (QED) is 0.0403. The molecule has 0 N–H and O–H groups in total. The largest absolute Gasteiger partial charge is 0.385 e. The predicted octanol–water partition coefficient (Wildman–Crippen LogP) is 20.8. The van der Waals surface area contributed by atoms with E-state index in [-0.39, 0.29) is 24.4 Å². The molecule has 33 nitrogen and oxygen atoms in total. The zero-order chi connectivity index (χ0) is 110. The molecule has 0 aliphatic carbocycles. The highest BCUT2D eigenvalue weighted by Crippen LogP contribution is 2.00. The number of unbranched alkanes of at least 4 members (excludes halogenated alkanes) is 1. The van der Waals surface area contributed by atoms with Crippen LogP contribution in [0.3, 0.4) is 0 Å². The number of ether oxygens (including phenoxy) is 33. The number of methoxy groups -OCH3 is 5. The molecule has 142 heavy (non-hydrogen) atoms. The highest BCUT2D eigenvalue weighted by molar-refractivity contribution is 4.48. The molecule has 0 saturated carbocycles. The summed E-state index contributed by atoms with van der Waals surface area (Å²) in [5.74, 6) is 0. The van der Waals surface area contributed by atoms with Gasteiger partial charge in [0, 0.05) is 115 Å². The van der Waals surface area contributed by atoms with Gasteiger partial charge in [-0.15, -0.1) is 0 Å². The van der Waals surface area contributed by atoms with Gasteiger partial charge in [-0.25, -0.2) is 0 Å². The van der Waals surface area contributed by atoms with Gasteiger partial charge in [-0.1, -0.05) is 54.9 Å². The van der Waals surface area contributed by atoms with Crippen molar-refractivity contribution in [1.82, 2.24) is 0 Å². The molecule has 0 bridgehead atoms. The Bertz CT molecular complexity index is 1830. The van der Waals surface area contributed by atoms with Crippen molar-refractivity contribution in [1.29, 1.82) is 0 Å². The summed E-state index contributed by atoms with van der Waals surface area (Å²) in [6.07, 6.45) is 15.1. The Morgan fingerprint density at radius 2 is 0.261 bits per heavy atom. The lowest BCUT2D eigenvalue weighted by Gasteiger charge is -2.09. The number of hydrogen-bond acceptors (Lipinski definition) is 33. The van der Waals surface area contributed by atoms with Gasteiger partial charge < -0.3 is 156 Å². The summed E-state index contributed by atoms with van der Waals surface area (Å²) < 4.78 is 171. The predicted molar refractivity (Wildman–Crippen MR) is 583 cm³/mol. The van der Waals surface area contributed by atoms with Crippen LogP contribution in [0.4, 0.5) is 0 Å². The molecule has 0 aliphatic rings. The van der Waals surface area contributed by atoms with Crippen molar-refractivity contribution < 1.29 is 156 Å². The van der Waals surface area contributed by atoms with E-state index >= 15 is 0 Å². The Morgan fingerprint density at radius 3 is 0.430 bits per heavy atom. The lowest BCUT2D eigenvalue weighted by Crippen LogP contribution is -2.14. The van der Waals surface area contributed by atoms with Gasteiger partial charge in [-0.2, -0.15) is 0 Å². The second-order valence-electron chi connectivity index (χ2n) is 34.5. The summed E-state index contributed by atoms with van der Waals surface area (Å²) in [5, 5.41) is 0. The number of rotatable bonds is 90. The van der Waals surface area contributed by atoms with Crippen LogP contribution >= 0.6 is 0 Å². The van der Waals surface area contributed by atoms with E-state index in [1.54, 1.807) is 35.5 Å². The Morgan fingerprint density at radius 1 is 0.113 bits per heavy atom. The lowest BCUT2D eigenvalue weighted by atomic mass is 10.3. The lowest BCUT2D eigenvalue weighted by molar-refractivity contribution is -0.0587. The molecule has 0 unspecified atom stereocenters. The SMILES string of the molecule is CCCCOC(C)C.CCCOC(C)C.CCCOCCCOC(C)C.CCCOCCOC(C)C.CCCOCCOCCOC(C)C.CCCOCCOCCOCCOC(C)C.CCCOCCOCCOCCOCCOC(C)C.CCOCCOC(C)C.COCCCOC(C)C.COCCOC(C)C.COCCOCCOC(C)C.COCCOCCOCCOC(C)C.COCOC(C)C. The Hall–Kier alpha value is -1.32. The highest BCUT2D eigenvalue weighted by Gasteiger charge is 2.03. The minimum atomic E-state index is 0.262. The van der Waals surface area contributed by atoms with Crippen LogP contribution in [0.5, 0.6) is 0 Å². The first-order valence-corrected chi connectivity index (χ1v) is 54.1. The molecule has 878 valence electrons. The van der Waals surface area contributed by atoms with E-state index in [4.69, 9.17) is 152 Å². The minimum Gasteiger partial charge on any atom is -0.385 e. The fourth-order valence-corrected chi connectivity index (χ4v) is 8.19. The molecule has 0 aromatic carbocycles. The van der Waals surface area contributed by atoms with Gasteiger partial charge in [0.2, 0.25) is 0 Å². The Labute approximate surface area is 877 Å². The molecule has 0 rings (SSSR count). The first-order valence-electron chi connectivity index (χ1n) is 54.1. The van der Waals surface area contributed by atoms with Crippen LogP contribution in [0.25, 0.3) is 0 Å². The highest BCUT2D eigenvalue weighted by atomic mass is 16.7. The maximum Gasteiger partial charge on any atom is 0.146 e. The maximum atomic E-state index is 5.36. The van der Waals surface area contributed by atoms with Gasteiger partial charge in [-0.3, -0.25) is 0 Å². The van der Waals surface area contributed by atoms with E-state index in [2.05, 4.69) is 80.9 Å². The minimum absolute atomic E-state index is 0.262. The van der Waals surface area contributed by atoms with E-state index in [0.29, 0.717) is 273 Å². The fourth-order valence-electron chi connectivity index (χ4n) is 8.19. The van der Waals surface area contributed by atoms with E-state index in [1.165, 1.54) is 12.8 Å². The van der Waals surface area contributed by atoms with Gasteiger partial charge in [0.25, 0.3) is 0 Å². The monoisotopic (exact) mass is 2080 g/mol. The van der Waals surface area contributed by atoms with Crippen LogP contribution < -0.4 is 0 Å². The normalized spacial score (nSPS) is 10.9. The van der Waals surface area contributed by atoms with E-state index in [1.807, 2.05) is 159 Å². The molecular formula is C109H244O33. The molecule has 33 heteroatoms. The second kappa shape index (κ2) is 165. The molecule has 0 amide bonds. The number of hydrogen-bond donors (Lipinski definition) is 0. The van der Waals surface area contributed by atoms with E-state index < -0.39 is 0 Å². The van der Waals surface area contributed by atoms with Crippen LogP contribution in [0, 0.1) is 0 Å². The van der Waals surface area contributed by atoms with Crippen molar-refractivity contribution in [3.05, 3.63) is 0 Å². The van der Waals surface area contributed by atoms with E-state index in [9.17, 15) is 0 Å². The van der Waals surface area contributed by atoms with Crippen molar-refractivity contribution in [2.45, 2.75) is 379 Å². The molecule has 0 aliphatic heterocycles. The third kappa shape index (κ3) is 254. The van der Waals surface area contributed by atoms with Gasteiger partial charge in [0.1, 0.15) is 6.79 Å². The van der Waals surface area contributed by atoms with Crippen molar-refractivity contribution in [3.8, 4) is 0 Å². The average molecular weight is 2080 g/mol. The molecule has 0 aromatic heterocycles. The van der Waals surface area contributed by atoms with Gasteiger partial charge in [0.05, 0.1) is 304 Å². The molecule has 0 heterocycles. The van der Waals surface area contributed by atoms with Crippen LogP contribution in [0.1, 0.15) is 300 Å². The van der Waals surface area contributed by atoms with Crippen molar-refractivity contribution in [2.24, 2.45) is 0 Å². The molecule has 0 atom stereocenters. The van der Waals surface area contributed by atoms with Crippen molar-refractivity contribution >= 4 is 0 Å². The molecular weight excluding hydrogens is 1840 g/mol. The van der Waals surface area contributed by atoms with Crippen LogP contribution in [0.2, 0.25) is 0 Å². The summed E-state index contributed by atoms with van der Waals surface area (Å²) in [7, 11) is 8.30. The smallest absolute Gasteiger partial charge is 0.146 e. The zero-order valence-electron chi connectivity index (χ0n) is 100. The molecule has 0 fully saturated rings. The first-order chi connectivity index (χ1) is 68.0. The maximum absolute atomic E-state index is 5.36. The topological polar surface area (TPSA) is 305 Å². The van der Waals surface area contributed by atoms with Gasteiger partial charge in [-0.05, 0) is 245 Å². The summed E-state index contributed by atoms with van der Waals surface area (Å²) in [5.41, 5.74) is 0. The third-order valence-corrected chi connectivity index (χ3v) is 14.9. The standard InChI is InChI=1S/C14H30O5.C12H26O4.C10H22O4.C10H22O3.C9H20O2.C8H18O3.C8H18O2.2C7H16O2.C7H16O.C6H14O2.C6H14O.C5H12O2/c1-4-5-15-6-7-16-8-9-17-10-11-18-12-13-19-14(2)3;1-4-5-13-6-7-14-8-9-15-10-11-16-12(2)3;1-10(2)14-9-8-13-7-6-12-5-4-11-3;1-4-5-11-6-7-12-8-9-13-10(2)3;1-4-6-10-7-5-8-11-9(2)3;1-8(2)11-7-6-10-5-4-9-3;1-4-5-9-6-7-10-8(2)3;1-7(2)9-6-4-5-8-3;1-4-8-5-6-9-7(2)3;1-4-5-6-8-7(2)3;1-6(2)8-5-4-7-3;1-4-5-7-6(2)3;1-5(2)7-4-6-3/h14H,4-13H2,1-3H3;12H,4-11H2,1-3H3;10H,4-9H2,1-3H3;10H,4-9H2,1-3H3;9H,4-8H2,1-3H3;8H,4-7H2,1-3H3;8H,4-7H2,1-3H3;2*7H,4-6H2,1-3H3;7H,4-6H2,1-3H3;6H,4-5H2,1-3H3;6H,4-5H2,1-3H3;5H,4H2,1-3H3. The summed E-state index contributed by atoms with van der Waals surface area (Å²) in [6, 6.07) is 0. The van der Waals surface area contributed by atoms with Crippen LogP contribution in [-0.4, -0.2) is 426 Å². The summed E-state index contributed by atoms with van der Waals surface area (Å²) in [6.45, 7) is 102. The molecule has 0 spiro atoms. The Balaban J connectivity index is -0.000000117. The molecule has 0 radical (unpaired) electrons. The zero-order valence-corrected chi connectivity index (χ0v) is 100. The van der Waals surface area contributed by atoms with E-state index in [0.717, 1.165) is 144 Å². The summed E-state index contributed by atoms with van der Waals surface area (Å²) >= 11 is 0. The fraction of sp³-hybridized carbons (Fsp3) is 1.00. The Kier molecular flexibility index (Phi) is 195. The second-order valence-corrected chi connectivity index (χ2v) is 34.5. The average Bonchev–Trinajstić information content (AvgIpc) is 1.03. The van der Waals surface area contributed by atoms with Crippen LogP contribution in [0.15, 0.2) is 0 Å². The van der Waals surface area contributed by atoms with Gasteiger partial charge >= 0.3 is 0 Å². The summed E-state index contributed by atoms with van der Waals surface area (Å²) in [4.78, 5) is 0. The van der Waals surface area contributed by atoms with Crippen LogP contribution in [-0.2, 0) is 156 Å². The van der Waals surface area contributed by atoms with Gasteiger partial charge in [0.15, 0.2) is 0 Å².